The predicted molar refractivity (Wildman–Crippen MR) is 113 cm³/mol. The van der Waals surface area contributed by atoms with Gasteiger partial charge in [-0.05, 0) is 48.9 Å². The van der Waals surface area contributed by atoms with Crippen LogP contribution in [0.15, 0.2) is 70.9 Å². The number of rotatable bonds is 7. The number of nitriles is 1. The van der Waals surface area contributed by atoms with Gasteiger partial charge in [-0.15, -0.1) is 0 Å². The Labute approximate surface area is 182 Å². The molecule has 0 radical (unpaired) electrons. The molecule has 0 aliphatic carbocycles. The molecular weight excluding hydrogens is 414 g/mol. The number of nitrogens with zero attached hydrogens (tertiary/aromatic N) is 2. The van der Waals surface area contributed by atoms with Gasteiger partial charge in [0, 0.05) is 11.6 Å². The van der Waals surface area contributed by atoms with Crippen LogP contribution in [0.3, 0.4) is 0 Å². The van der Waals surface area contributed by atoms with Crippen molar-refractivity contribution in [3.8, 4) is 11.8 Å². The van der Waals surface area contributed by atoms with Gasteiger partial charge in [0.15, 0.2) is 0 Å². The molecule has 3 aromatic rings. The van der Waals surface area contributed by atoms with E-state index in [1.807, 2.05) is 6.07 Å². The van der Waals surface area contributed by atoms with Crippen LogP contribution in [0.25, 0.3) is 6.08 Å². The van der Waals surface area contributed by atoms with Gasteiger partial charge in [0.25, 0.3) is 11.6 Å². The van der Waals surface area contributed by atoms with Gasteiger partial charge < -0.3 is 14.5 Å². The molecule has 0 aliphatic heterocycles. The molecule has 32 heavy (non-hydrogen) atoms. The highest BCUT2D eigenvalue weighted by atomic mass is 16.6. The van der Waals surface area contributed by atoms with Gasteiger partial charge in [-0.2, -0.15) is 5.26 Å². The third-order valence-corrected chi connectivity index (χ3v) is 4.41. The lowest BCUT2D eigenvalue weighted by molar-refractivity contribution is -0.385. The molecule has 0 spiro atoms. The fraction of sp³-hybridized carbons (Fsp3) is 0.0870. The van der Waals surface area contributed by atoms with E-state index in [-0.39, 0.29) is 29.1 Å². The van der Waals surface area contributed by atoms with Crippen molar-refractivity contribution < 1.29 is 23.7 Å². The monoisotopic (exact) mass is 431 g/mol. The fourth-order valence-electron chi connectivity index (χ4n) is 2.72. The molecule has 0 fully saturated rings. The predicted octanol–water partition coefficient (Wildman–Crippen LogP) is 3.94. The summed E-state index contributed by atoms with van der Waals surface area (Å²) >= 11 is 0. The molecule has 0 saturated heterocycles. The first kappa shape index (κ1) is 22.0. The first-order chi connectivity index (χ1) is 15.4. The van der Waals surface area contributed by atoms with Crippen molar-refractivity contribution in [2.75, 3.05) is 0 Å². The van der Waals surface area contributed by atoms with Crippen LogP contribution in [0, 0.1) is 28.4 Å². The lowest BCUT2D eigenvalue weighted by atomic mass is 10.1. The van der Waals surface area contributed by atoms with Crippen molar-refractivity contribution in [3.05, 3.63) is 99.0 Å². The molecule has 1 aromatic heterocycles. The Morgan fingerprint density at radius 1 is 1.22 bits per heavy atom. The summed E-state index contributed by atoms with van der Waals surface area (Å²) in [5.74, 6) is -0.538. The number of benzene rings is 2. The van der Waals surface area contributed by atoms with Gasteiger partial charge in [-0.3, -0.25) is 14.9 Å². The number of amides is 1. The number of aryl methyl sites for hydroxylation is 1. The Morgan fingerprint density at radius 3 is 2.59 bits per heavy atom. The number of nitrogens with one attached hydrogen (secondary N) is 1. The molecule has 9 heteroatoms. The van der Waals surface area contributed by atoms with Crippen molar-refractivity contribution in [2.24, 2.45) is 0 Å². The molecule has 0 aliphatic rings. The highest BCUT2D eigenvalue weighted by Crippen LogP contribution is 2.21. The second-order valence-corrected chi connectivity index (χ2v) is 6.65. The summed E-state index contributed by atoms with van der Waals surface area (Å²) in [6.45, 7) is 1.73. The number of hydrogen-bond acceptors (Lipinski definition) is 7. The zero-order valence-electron chi connectivity index (χ0n) is 16.9. The summed E-state index contributed by atoms with van der Waals surface area (Å²) in [5.41, 5.74) is 0.749. The fourth-order valence-corrected chi connectivity index (χ4v) is 2.72. The van der Waals surface area contributed by atoms with Crippen molar-refractivity contribution in [1.82, 2.24) is 5.32 Å². The summed E-state index contributed by atoms with van der Waals surface area (Å²) in [4.78, 5) is 35.0. The average molecular weight is 431 g/mol. The summed E-state index contributed by atoms with van der Waals surface area (Å²) in [5, 5.41) is 22.9. The quantitative estimate of drug-likeness (QED) is 0.149. The Hall–Kier alpha value is -4.71. The van der Waals surface area contributed by atoms with E-state index in [4.69, 9.17) is 9.15 Å². The average Bonchev–Trinajstić information content (AvgIpc) is 3.30. The molecule has 2 aromatic carbocycles. The molecule has 160 valence electrons. The number of esters is 1. The van der Waals surface area contributed by atoms with Crippen LogP contribution in [0.4, 0.5) is 5.69 Å². The number of ether oxygens (including phenoxy) is 1. The second kappa shape index (κ2) is 9.86. The standard InChI is InChI=1S/C23H17N3O6/c1-15-4-7-17(12-21(15)26(29)30)23(28)32-19-8-5-16(6-9-19)11-18(13-24)22(27)25-14-20-3-2-10-31-20/h2-12H,14H2,1H3,(H,25,27)/b18-11+. The van der Waals surface area contributed by atoms with E-state index < -0.39 is 16.8 Å². The molecule has 0 atom stereocenters. The maximum atomic E-state index is 12.3. The van der Waals surface area contributed by atoms with Gasteiger partial charge in [0.1, 0.15) is 23.2 Å². The van der Waals surface area contributed by atoms with Gasteiger partial charge in [-0.25, -0.2) is 4.79 Å². The first-order valence-corrected chi connectivity index (χ1v) is 9.37. The van der Waals surface area contributed by atoms with Crippen LogP contribution in [-0.2, 0) is 11.3 Å². The van der Waals surface area contributed by atoms with Crippen molar-refractivity contribution in [3.63, 3.8) is 0 Å². The highest BCUT2D eigenvalue weighted by Gasteiger charge is 2.16. The molecule has 9 nitrogen and oxygen atoms in total. The Balaban J connectivity index is 1.66. The smallest absolute Gasteiger partial charge is 0.343 e. The van der Waals surface area contributed by atoms with E-state index >= 15 is 0 Å². The summed E-state index contributed by atoms with van der Waals surface area (Å²) in [7, 11) is 0. The Morgan fingerprint density at radius 2 is 1.97 bits per heavy atom. The molecule has 1 heterocycles. The molecular formula is C23H17N3O6. The van der Waals surface area contributed by atoms with Gasteiger partial charge in [-0.1, -0.05) is 18.2 Å². The summed E-state index contributed by atoms with van der Waals surface area (Å²) < 4.78 is 10.4. The Kier molecular flexibility index (Phi) is 6.78. The minimum Gasteiger partial charge on any atom is -0.467 e. The van der Waals surface area contributed by atoms with Crippen LogP contribution in [0.1, 0.15) is 27.2 Å². The van der Waals surface area contributed by atoms with E-state index in [1.54, 1.807) is 31.2 Å². The number of hydrogen-bond donors (Lipinski definition) is 1. The lowest BCUT2D eigenvalue weighted by Gasteiger charge is -2.06. The molecule has 1 N–H and O–H groups in total. The zero-order valence-corrected chi connectivity index (χ0v) is 16.9. The number of nitro benzene ring substituents is 1. The van der Waals surface area contributed by atoms with Crippen molar-refractivity contribution >= 4 is 23.6 Å². The number of nitro groups is 1. The van der Waals surface area contributed by atoms with Crippen LogP contribution < -0.4 is 10.1 Å². The van der Waals surface area contributed by atoms with Crippen LogP contribution in [0.5, 0.6) is 5.75 Å². The van der Waals surface area contributed by atoms with E-state index in [2.05, 4.69) is 5.32 Å². The van der Waals surface area contributed by atoms with Crippen molar-refractivity contribution in [2.45, 2.75) is 13.5 Å². The molecule has 0 saturated carbocycles. The van der Waals surface area contributed by atoms with Gasteiger partial charge >= 0.3 is 5.97 Å². The molecule has 0 bridgehead atoms. The first-order valence-electron chi connectivity index (χ1n) is 9.37. The van der Waals surface area contributed by atoms with Gasteiger partial charge in [0.05, 0.1) is 23.3 Å². The van der Waals surface area contributed by atoms with E-state index in [0.717, 1.165) is 6.07 Å². The van der Waals surface area contributed by atoms with E-state index in [9.17, 15) is 25.0 Å². The SMILES string of the molecule is Cc1ccc(C(=O)Oc2ccc(/C=C(\C#N)C(=O)NCc3ccco3)cc2)cc1[N+](=O)[O-]. The highest BCUT2D eigenvalue weighted by molar-refractivity contribution is 6.01. The van der Waals surface area contributed by atoms with Crippen LogP contribution in [-0.4, -0.2) is 16.8 Å². The summed E-state index contributed by atoms with van der Waals surface area (Å²) in [6.07, 6.45) is 2.88. The maximum Gasteiger partial charge on any atom is 0.343 e. The zero-order chi connectivity index (χ0) is 23.1. The molecule has 1 amide bonds. The Bertz CT molecular complexity index is 1220. The topological polar surface area (TPSA) is 135 Å². The van der Waals surface area contributed by atoms with Crippen molar-refractivity contribution in [1.29, 1.82) is 5.26 Å². The minimum atomic E-state index is -0.744. The van der Waals surface area contributed by atoms with Gasteiger partial charge in [0.2, 0.25) is 0 Å². The van der Waals surface area contributed by atoms with E-state index in [1.165, 1.54) is 36.6 Å². The third-order valence-electron chi connectivity index (χ3n) is 4.41. The summed E-state index contributed by atoms with van der Waals surface area (Å²) in [6, 6.07) is 15.4. The third kappa shape index (κ3) is 5.46. The number of furan rings is 1. The maximum absolute atomic E-state index is 12.3. The number of carbonyl (C=O) groups excluding carboxylic acids is 2. The lowest BCUT2D eigenvalue weighted by Crippen LogP contribution is -2.23. The molecule has 0 unspecified atom stereocenters. The van der Waals surface area contributed by atoms with E-state index in [0.29, 0.717) is 16.9 Å². The molecule has 3 rings (SSSR count). The van der Waals surface area contributed by atoms with Crippen LogP contribution in [0.2, 0.25) is 0 Å². The largest absolute Gasteiger partial charge is 0.467 e. The second-order valence-electron chi connectivity index (χ2n) is 6.65. The van der Waals surface area contributed by atoms with Crippen LogP contribution >= 0.6 is 0 Å². The normalized spacial score (nSPS) is 10.8. The minimum absolute atomic E-state index is 0.0475. The number of carbonyl (C=O) groups is 2.